The van der Waals surface area contributed by atoms with Crippen molar-refractivity contribution in [1.82, 2.24) is 9.78 Å². The molecule has 0 aliphatic carbocycles. The van der Waals surface area contributed by atoms with Gasteiger partial charge in [-0.1, -0.05) is 0 Å². The number of hydrogen-bond acceptors (Lipinski definition) is 3. The first-order valence-corrected chi connectivity index (χ1v) is 4.19. The highest BCUT2D eigenvalue weighted by atomic mass is 16.1. The van der Waals surface area contributed by atoms with Crippen LogP contribution in [0, 0.1) is 0 Å². The first-order chi connectivity index (χ1) is 6.15. The van der Waals surface area contributed by atoms with E-state index >= 15 is 0 Å². The Morgan fingerprint density at radius 2 is 2.46 bits per heavy atom. The van der Waals surface area contributed by atoms with Gasteiger partial charge in [0.1, 0.15) is 0 Å². The van der Waals surface area contributed by atoms with Crippen LogP contribution in [0.1, 0.15) is 29.7 Å². The van der Waals surface area contributed by atoms with Crippen molar-refractivity contribution >= 4 is 5.91 Å². The van der Waals surface area contributed by atoms with Gasteiger partial charge >= 0.3 is 0 Å². The van der Waals surface area contributed by atoms with Gasteiger partial charge in [0, 0.05) is 6.20 Å². The van der Waals surface area contributed by atoms with E-state index in [4.69, 9.17) is 11.5 Å². The van der Waals surface area contributed by atoms with Crippen molar-refractivity contribution in [1.29, 1.82) is 0 Å². The van der Waals surface area contributed by atoms with Gasteiger partial charge in [-0.2, -0.15) is 5.10 Å². The molecule has 0 radical (unpaired) electrons. The van der Waals surface area contributed by atoms with Crippen LogP contribution in [0.15, 0.2) is 12.4 Å². The van der Waals surface area contributed by atoms with Crippen LogP contribution < -0.4 is 11.5 Å². The number of rotatable bonds is 4. The average Bonchev–Trinajstić information content (AvgIpc) is 2.52. The van der Waals surface area contributed by atoms with Crippen LogP contribution in [0.2, 0.25) is 0 Å². The van der Waals surface area contributed by atoms with Crippen molar-refractivity contribution in [3.63, 3.8) is 0 Å². The summed E-state index contributed by atoms with van der Waals surface area (Å²) in [7, 11) is 0. The SMILES string of the molecule is CC(CCN)n1cc(C(N)=O)cn1. The zero-order valence-corrected chi connectivity index (χ0v) is 7.60. The van der Waals surface area contributed by atoms with Crippen molar-refractivity contribution < 1.29 is 4.79 Å². The van der Waals surface area contributed by atoms with E-state index in [2.05, 4.69) is 5.10 Å². The third-order valence-corrected chi connectivity index (χ3v) is 1.92. The van der Waals surface area contributed by atoms with E-state index < -0.39 is 5.91 Å². The highest BCUT2D eigenvalue weighted by molar-refractivity contribution is 5.92. The molecular weight excluding hydrogens is 168 g/mol. The number of carbonyl (C=O) groups excluding carboxylic acids is 1. The first kappa shape index (κ1) is 9.73. The van der Waals surface area contributed by atoms with E-state index in [0.717, 1.165) is 6.42 Å². The molecule has 1 unspecified atom stereocenters. The van der Waals surface area contributed by atoms with E-state index in [9.17, 15) is 4.79 Å². The molecule has 0 saturated heterocycles. The van der Waals surface area contributed by atoms with Gasteiger partial charge in [-0.15, -0.1) is 0 Å². The second kappa shape index (κ2) is 4.04. The highest BCUT2D eigenvalue weighted by Gasteiger charge is 2.08. The number of amides is 1. The van der Waals surface area contributed by atoms with Crippen molar-refractivity contribution in [3.05, 3.63) is 18.0 Å². The van der Waals surface area contributed by atoms with Crippen LogP contribution in [0.5, 0.6) is 0 Å². The topological polar surface area (TPSA) is 86.9 Å². The minimum atomic E-state index is -0.453. The molecule has 4 N–H and O–H groups in total. The summed E-state index contributed by atoms with van der Waals surface area (Å²) in [4.78, 5) is 10.7. The normalized spacial score (nSPS) is 12.8. The maximum atomic E-state index is 10.7. The molecule has 0 fully saturated rings. The Morgan fingerprint density at radius 3 is 2.92 bits per heavy atom. The molecule has 13 heavy (non-hydrogen) atoms. The van der Waals surface area contributed by atoms with Crippen LogP contribution in [-0.4, -0.2) is 22.2 Å². The minimum absolute atomic E-state index is 0.207. The Labute approximate surface area is 76.7 Å². The largest absolute Gasteiger partial charge is 0.366 e. The number of primary amides is 1. The van der Waals surface area contributed by atoms with Crippen LogP contribution >= 0.6 is 0 Å². The number of carbonyl (C=O) groups is 1. The lowest BCUT2D eigenvalue weighted by molar-refractivity contribution is 0.1000. The zero-order chi connectivity index (χ0) is 9.84. The third kappa shape index (κ3) is 2.29. The van der Waals surface area contributed by atoms with Gasteiger partial charge in [-0.3, -0.25) is 9.48 Å². The summed E-state index contributed by atoms with van der Waals surface area (Å²) in [5.74, 6) is -0.453. The molecule has 1 rings (SSSR count). The molecule has 0 aliphatic heterocycles. The maximum Gasteiger partial charge on any atom is 0.251 e. The Hall–Kier alpha value is -1.36. The predicted octanol–water partition coefficient (Wildman–Crippen LogP) is -0.108. The summed E-state index contributed by atoms with van der Waals surface area (Å²) in [6.45, 7) is 2.59. The molecule has 0 saturated carbocycles. The molecule has 5 nitrogen and oxygen atoms in total. The molecule has 1 aromatic heterocycles. The third-order valence-electron chi connectivity index (χ3n) is 1.92. The highest BCUT2D eigenvalue weighted by Crippen LogP contribution is 2.08. The monoisotopic (exact) mass is 182 g/mol. The molecular formula is C8H14N4O. The smallest absolute Gasteiger partial charge is 0.251 e. The van der Waals surface area contributed by atoms with Crippen molar-refractivity contribution in [2.75, 3.05) is 6.54 Å². The second-order valence-electron chi connectivity index (χ2n) is 3.00. The molecule has 0 aromatic carbocycles. The van der Waals surface area contributed by atoms with Gasteiger partial charge in [0.15, 0.2) is 0 Å². The summed E-state index contributed by atoms with van der Waals surface area (Å²) in [6, 6.07) is 0.207. The summed E-state index contributed by atoms with van der Waals surface area (Å²) < 4.78 is 1.70. The van der Waals surface area contributed by atoms with E-state index in [-0.39, 0.29) is 6.04 Å². The van der Waals surface area contributed by atoms with Crippen molar-refractivity contribution in [3.8, 4) is 0 Å². The van der Waals surface area contributed by atoms with Crippen molar-refractivity contribution in [2.24, 2.45) is 11.5 Å². The Bertz CT molecular complexity index is 294. The maximum absolute atomic E-state index is 10.7. The van der Waals surface area contributed by atoms with Crippen LogP contribution in [0.3, 0.4) is 0 Å². The van der Waals surface area contributed by atoms with E-state index in [1.807, 2.05) is 6.92 Å². The van der Waals surface area contributed by atoms with Gasteiger partial charge in [0.2, 0.25) is 0 Å². The lowest BCUT2D eigenvalue weighted by atomic mass is 10.2. The van der Waals surface area contributed by atoms with E-state index in [1.54, 1.807) is 10.9 Å². The van der Waals surface area contributed by atoms with Gasteiger partial charge in [0.25, 0.3) is 5.91 Å². The van der Waals surface area contributed by atoms with Crippen molar-refractivity contribution in [2.45, 2.75) is 19.4 Å². The Balaban J connectivity index is 2.73. The standard InChI is InChI=1S/C8H14N4O/c1-6(2-3-9)12-5-7(4-11-12)8(10)13/h4-6H,2-3,9H2,1H3,(H2,10,13). The molecule has 5 heteroatoms. The first-order valence-electron chi connectivity index (χ1n) is 4.19. The van der Waals surface area contributed by atoms with Gasteiger partial charge in [0.05, 0.1) is 17.8 Å². The molecule has 0 aliphatic rings. The molecule has 72 valence electrons. The predicted molar refractivity (Wildman–Crippen MR) is 49.1 cm³/mol. The lowest BCUT2D eigenvalue weighted by Gasteiger charge is -2.09. The molecule has 1 amide bonds. The Kier molecular flexibility index (Phi) is 3.02. The minimum Gasteiger partial charge on any atom is -0.366 e. The number of nitrogens with two attached hydrogens (primary N) is 2. The molecule has 1 heterocycles. The summed E-state index contributed by atoms with van der Waals surface area (Å²) in [6.07, 6.45) is 3.94. The molecule has 0 bridgehead atoms. The number of aromatic nitrogens is 2. The number of hydrogen-bond donors (Lipinski definition) is 2. The van der Waals surface area contributed by atoms with Gasteiger partial charge in [-0.25, -0.2) is 0 Å². The van der Waals surface area contributed by atoms with E-state index in [0.29, 0.717) is 12.1 Å². The van der Waals surface area contributed by atoms with E-state index in [1.165, 1.54) is 6.20 Å². The summed E-state index contributed by atoms with van der Waals surface area (Å²) in [5, 5.41) is 4.02. The average molecular weight is 182 g/mol. The molecule has 1 atom stereocenters. The quantitative estimate of drug-likeness (QED) is 0.681. The fourth-order valence-corrected chi connectivity index (χ4v) is 1.08. The summed E-state index contributed by atoms with van der Waals surface area (Å²) >= 11 is 0. The lowest BCUT2D eigenvalue weighted by Crippen LogP contribution is -2.12. The summed E-state index contributed by atoms with van der Waals surface area (Å²) in [5.41, 5.74) is 10.9. The second-order valence-corrected chi connectivity index (χ2v) is 3.00. The zero-order valence-electron chi connectivity index (χ0n) is 7.60. The van der Waals surface area contributed by atoms with Gasteiger partial charge in [-0.05, 0) is 19.9 Å². The van der Waals surface area contributed by atoms with Crippen LogP contribution in [0.25, 0.3) is 0 Å². The Morgan fingerprint density at radius 1 is 1.77 bits per heavy atom. The van der Waals surface area contributed by atoms with Crippen LogP contribution in [0.4, 0.5) is 0 Å². The van der Waals surface area contributed by atoms with Crippen LogP contribution in [-0.2, 0) is 0 Å². The molecule has 0 spiro atoms. The number of nitrogens with zero attached hydrogens (tertiary/aromatic N) is 2. The fraction of sp³-hybridized carbons (Fsp3) is 0.500. The fourth-order valence-electron chi connectivity index (χ4n) is 1.08. The molecule has 1 aromatic rings. The van der Waals surface area contributed by atoms with Gasteiger partial charge < -0.3 is 11.5 Å².